The Kier molecular flexibility index (Phi) is 17.0. The van der Waals surface area contributed by atoms with Gasteiger partial charge < -0.3 is 26.2 Å². The molecule has 2 fully saturated rings. The largest absolute Gasteiger partial charge is 0.376 e. The van der Waals surface area contributed by atoms with Crippen LogP contribution in [0, 0.1) is 20.8 Å². The minimum absolute atomic E-state index is 0.00518. The number of Topliss-reactive ketones (excluding diaryl/α,β-unsaturated/α-hetero) is 1. The van der Waals surface area contributed by atoms with E-state index in [0.29, 0.717) is 58.7 Å². The first-order chi connectivity index (χ1) is 32.4. The Morgan fingerprint density at radius 2 is 1.49 bits per heavy atom. The lowest BCUT2D eigenvalue weighted by Gasteiger charge is -2.35. The number of anilines is 5. The average molecular weight is 933 g/mol. The fraction of sp³-hybridized carbons (Fsp3) is 0.490. The van der Waals surface area contributed by atoms with Crippen molar-refractivity contribution in [2.45, 2.75) is 104 Å². The van der Waals surface area contributed by atoms with Crippen molar-refractivity contribution in [3.05, 3.63) is 86.4 Å². The molecule has 1 aliphatic carbocycles. The van der Waals surface area contributed by atoms with Crippen LogP contribution in [0.4, 0.5) is 28.3 Å². The number of hydrogen-bond donors (Lipinski definition) is 5. The van der Waals surface area contributed by atoms with Crippen molar-refractivity contribution in [2.24, 2.45) is 0 Å². The SMILES string of the molecule is CC(=O)c1c(C)c2cnc(Nc3ccc(N4CCN(CC(=O)NCCCCCCCCCNC(=O)CNc5ccc(C(=O)Nc6ncc(C)s6)c(C)c5)CC4)cn3)nc2n(C2CCCC2)c1=O. The van der Waals surface area contributed by atoms with Gasteiger partial charge >= 0.3 is 0 Å². The Balaban J connectivity index is 0.717. The molecule has 5 aromatic rings. The fourth-order valence-electron chi connectivity index (χ4n) is 8.93. The van der Waals surface area contributed by atoms with Crippen LogP contribution in [-0.4, -0.2) is 105 Å². The van der Waals surface area contributed by atoms with Gasteiger partial charge in [-0.25, -0.2) is 15.0 Å². The molecule has 1 saturated heterocycles. The van der Waals surface area contributed by atoms with Crippen molar-refractivity contribution in [1.29, 1.82) is 0 Å². The monoisotopic (exact) mass is 932 g/mol. The fourth-order valence-corrected chi connectivity index (χ4v) is 9.59. The molecule has 5 heterocycles. The highest BCUT2D eigenvalue weighted by molar-refractivity contribution is 7.15. The number of pyridine rings is 2. The molecule has 0 unspecified atom stereocenters. The maximum absolute atomic E-state index is 13.6. The van der Waals surface area contributed by atoms with E-state index in [0.717, 1.165) is 119 Å². The van der Waals surface area contributed by atoms with Crippen LogP contribution in [0.1, 0.15) is 120 Å². The molecule has 7 rings (SSSR count). The number of rotatable bonds is 22. The van der Waals surface area contributed by atoms with Gasteiger partial charge in [-0.2, -0.15) is 4.98 Å². The standard InChI is InChI=1S/C49H64N12O5S/c1-32-26-36(16-18-39(32)46(65)58-49-55-27-33(2)67-49)52-30-42(63)50-20-12-8-6-5-7-9-13-21-51-43(64)31-59-22-24-60(25-23-59)38-17-19-41(53-28-38)56-48-54-29-40-34(3)44(35(4)62)47(66)61(45(40)57-48)37-14-10-11-15-37/h16-19,26-29,37,52H,5-15,20-25,30-31H2,1-4H3,(H,50,63)(H,51,64)(H,55,58,65)(H,53,54,56,57). The lowest BCUT2D eigenvalue weighted by atomic mass is 10.0. The van der Waals surface area contributed by atoms with Crippen LogP contribution in [0.15, 0.2) is 53.7 Å². The lowest BCUT2D eigenvalue weighted by Crippen LogP contribution is -2.49. The molecule has 3 amide bonds. The predicted octanol–water partition coefficient (Wildman–Crippen LogP) is 7.08. The molecule has 0 spiro atoms. The summed E-state index contributed by atoms with van der Waals surface area (Å²) in [4.78, 5) is 87.4. The van der Waals surface area contributed by atoms with Gasteiger partial charge in [-0.05, 0) is 94.8 Å². The van der Waals surface area contributed by atoms with Gasteiger partial charge in [0.05, 0.1) is 30.5 Å². The molecule has 1 saturated carbocycles. The third-order valence-corrected chi connectivity index (χ3v) is 13.4. The van der Waals surface area contributed by atoms with E-state index >= 15 is 0 Å². The number of thiazole rings is 1. The molecular formula is C49H64N12O5S. The summed E-state index contributed by atoms with van der Waals surface area (Å²) < 4.78 is 1.71. The summed E-state index contributed by atoms with van der Waals surface area (Å²) in [5, 5.41) is 16.5. The summed E-state index contributed by atoms with van der Waals surface area (Å²) in [6.45, 7) is 12.0. The van der Waals surface area contributed by atoms with Crippen LogP contribution < -0.4 is 37.0 Å². The molecule has 18 heteroatoms. The highest BCUT2D eigenvalue weighted by Crippen LogP contribution is 2.32. The number of carbonyl (C=O) groups is 4. The number of nitrogens with zero attached hydrogens (tertiary/aromatic N) is 7. The van der Waals surface area contributed by atoms with Gasteiger partial charge in [-0.3, -0.25) is 38.8 Å². The highest BCUT2D eigenvalue weighted by atomic mass is 32.1. The third kappa shape index (κ3) is 13.2. The van der Waals surface area contributed by atoms with E-state index in [1.165, 1.54) is 18.3 Å². The smallest absolute Gasteiger partial charge is 0.263 e. The van der Waals surface area contributed by atoms with Crippen molar-refractivity contribution in [3.63, 3.8) is 0 Å². The number of ketones is 1. The van der Waals surface area contributed by atoms with Gasteiger partial charge in [0.15, 0.2) is 10.9 Å². The first-order valence-electron chi connectivity index (χ1n) is 23.7. The number of aromatic nitrogens is 5. The zero-order valence-corrected chi connectivity index (χ0v) is 40.0. The van der Waals surface area contributed by atoms with Crippen LogP contribution in [0.25, 0.3) is 11.0 Å². The second-order valence-corrected chi connectivity index (χ2v) is 18.9. The van der Waals surface area contributed by atoms with Gasteiger partial charge in [-0.15, -0.1) is 11.3 Å². The second-order valence-electron chi connectivity index (χ2n) is 17.7. The summed E-state index contributed by atoms with van der Waals surface area (Å²) in [5.41, 5.74) is 4.23. The minimum Gasteiger partial charge on any atom is -0.376 e. The van der Waals surface area contributed by atoms with E-state index in [1.807, 2.05) is 38.2 Å². The van der Waals surface area contributed by atoms with E-state index in [9.17, 15) is 24.0 Å². The van der Waals surface area contributed by atoms with Crippen LogP contribution in [0.5, 0.6) is 0 Å². The van der Waals surface area contributed by atoms with Gasteiger partial charge in [-0.1, -0.05) is 44.9 Å². The molecule has 0 radical (unpaired) electrons. The van der Waals surface area contributed by atoms with Crippen molar-refractivity contribution in [3.8, 4) is 0 Å². The summed E-state index contributed by atoms with van der Waals surface area (Å²) in [6, 6.07) is 9.33. The summed E-state index contributed by atoms with van der Waals surface area (Å²) in [6.07, 6.45) is 16.4. The molecule has 17 nitrogen and oxygen atoms in total. The average Bonchev–Trinajstić information content (AvgIpc) is 3.99. The molecule has 1 aromatic carbocycles. The van der Waals surface area contributed by atoms with E-state index in [-0.39, 0.29) is 47.2 Å². The van der Waals surface area contributed by atoms with E-state index in [2.05, 4.69) is 51.3 Å². The lowest BCUT2D eigenvalue weighted by molar-refractivity contribution is -0.122. The molecule has 4 aromatic heterocycles. The van der Waals surface area contributed by atoms with Crippen molar-refractivity contribution < 1.29 is 19.2 Å². The van der Waals surface area contributed by atoms with Gasteiger partial charge in [0, 0.05) is 79.2 Å². The Hall–Kier alpha value is -6.27. The van der Waals surface area contributed by atoms with Gasteiger partial charge in [0.1, 0.15) is 11.5 Å². The first kappa shape index (κ1) is 48.7. The highest BCUT2D eigenvalue weighted by Gasteiger charge is 2.26. The van der Waals surface area contributed by atoms with Crippen molar-refractivity contribution in [1.82, 2.24) is 40.0 Å². The third-order valence-electron chi connectivity index (χ3n) is 12.6. The Morgan fingerprint density at radius 3 is 2.13 bits per heavy atom. The Labute approximate surface area is 396 Å². The van der Waals surface area contributed by atoms with E-state index in [1.54, 1.807) is 36.0 Å². The molecule has 1 aliphatic heterocycles. The first-order valence-corrected chi connectivity index (χ1v) is 24.5. The number of fused-ring (bicyclic) bond motifs is 1. The maximum Gasteiger partial charge on any atom is 0.263 e. The summed E-state index contributed by atoms with van der Waals surface area (Å²) in [5.74, 6) is 0.455. The quantitative estimate of drug-likeness (QED) is 0.0348. The number of hydrogen-bond acceptors (Lipinski definition) is 14. The molecule has 67 heavy (non-hydrogen) atoms. The van der Waals surface area contributed by atoms with Crippen LogP contribution in [0.3, 0.4) is 0 Å². The Bertz CT molecular complexity index is 2580. The molecular weight excluding hydrogens is 869 g/mol. The van der Waals surface area contributed by atoms with Crippen LogP contribution in [0.2, 0.25) is 0 Å². The summed E-state index contributed by atoms with van der Waals surface area (Å²) in [7, 11) is 0. The van der Waals surface area contributed by atoms with Crippen LogP contribution >= 0.6 is 11.3 Å². The number of piperazine rings is 1. The topological polar surface area (TPSA) is 208 Å². The van der Waals surface area contributed by atoms with Gasteiger partial charge in [0.2, 0.25) is 17.8 Å². The molecule has 356 valence electrons. The number of unbranched alkanes of at least 4 members (excludes halogenated alkanes) is 6. The Morgan fingerprint density at radius 1 is 0.791 bits per heavy atom. The minimum atomic E-state index is -0.278. The molecule has 0 bridgehead atoms. The summed E-state index contributed by atoms with van der Waals surface area (Å²) >= 11 is 1.43. The van der Waals surface area contributed by atoms with Crippen molar-refractivity contribution >= 4 is 74.1 Å². The molecule has 5 N–H and O–H groups in total. The molecule has 2 aliphatic rings. The number of amides is 3. The predicted molar refractivity (Wildman–Crippen MR) is 265 cm³/mol. The van der Waals surface area contributed by atoms with Crippen LogP contribution in [-0.2, 0) is 9.59 Å². The zero-order valence-electron chi connectivity index (χ0n) is 39.2. The number of benzene rings is 1. The maximum atomic E-state index is 13.6. The number of aryl methyl sites for hydroxylation is 3. The van der Waals surface area contributed by atoms with Crippen molar-refractivity contribution in [2.75, 3.05) is 73.2 Å². The molecule has 0 atom stereocenters. The van der Waals surface area contributed by atoms with E-state index in [4.69, 9.17) is 4.98 Å². The second kappa shape index (κ2) is 23.5. The van der Waals surface area contributed by atoms with E-state index < -0.39 is 0 Å². The zero-order chi connectivity index (χ0) is 47.3. The van der Waals surface area contributed by atoms with Gasteiger partial charge in [0.25, 0.3) is 11.5 Å². The normalized spacial score (nSPS) is 14.3. The number of carbonyl (C=O) groups excluding carboxylic acids is 4. The number of nitrogens with one attached hydrogen (secondary N) is 5.